The minimum Gasteiger partial charge on any atom is -0.0683 e. The first-order valence-corrected chi connectivity index (χ1v) is 8.74. The minimum atomic E-state index is 0.803. The van der Waals surface area contributed by atoms with Crippen molar-refractivity contribution in [3.63, 3.8) is 0 Å². The van der Waals surface area contributed by atoms with Crippen LogP contribution in [0.15, 0.2) is 0 Å². The molecule has 0 aliphatic heterocycles. The van der Waals surface area contributed by atoms with Gasteiger partial charge >= 0.3 is 0 Å². The smallest absolute Gasteiger partial charge is 0.0294 e. The Hall–Kier alpha value is 0. The van der Waals surface area contributed by atoms with Crippen molar-refractivity contribution in [1.29, 1.82) is 0 Å². The third kappa shape index (κ3) is 4.94. The molecule has 2 fully saturated rings. The maximum absolute atomic E-state index is 2.53. The molecular weight excluding hydrogens is 216 g/mol. The molecule has 0 aromatic heterocycles. The predicted octanol–water partition coefficient (Wildman–Crippen LogP) is 6.59. The molecule has 2 rings (SSSR count). The van der Waals surface area contributed by atoms with Crippen LogP contribution in [0.3, 0.4) is 0 Å². The van der Waals surface area contributed by atoms with Gasteiger partial charge in [0, 0.05) is 0 Å². The van der Waals surface area contributed by atoms with E-state index < -0.39 is 0 Å². The first kappa shape index (κ1) is 16.1. The molecule has 0 radical (unpaired) electrons. The summed E-state index contributed by atoms with van der Waals surface area (Å²) in [4.78, 5) is 0. The summed E-state index contributed by atoms with van der Waals surface area (Å²) >= 11 is 0. The number of hydrogen-bond acceptors (Lipinski definition) is 0. The Morgan fingerprint density at radius 2 is 1.78 bits per heavy atom. The topological polar surface area (TPSA) is 0 Å². The maximum Gasteiger partial charge on any atom is -0.0294 e. The summed E-state index contributed by atoms with van der Waals surface area (Å²) in [6.45, 7) is 8.83. The summed E-state index contributed by atoms with van der Waals surface area (Å²) in [5.74, 6) is 2.21. The average Bonchev–Trinajstić information content (AvgIpc) is 3.03. The molecule has 18 heavy (non-hydrogen) atoms. The van der Waals surface area contributed by atoms with Gasteiger partial charge in [0.05, 0.1) is 0 Å². The van der Waals surface area contributed by atoms with Crippen molar-refractivity contribution in [3.8, 4) is 0 Å². The van der Waals surface area contributed by atoms with Gasteiger partial charge in [-0.25, -0.2) is 0 Å². The van der Waals surface area contributed by atoms with Gasteiger partial charge in [0.2, 0.25) is 0 Å². The number of rotatable bonds is 6. The minimum absolute atomic E-state index is 0.803. The van der Waals surface area contributed by atoms with Crippen LogP contribution in [-0.2, 0) is 0 Å². The molecule has 0 N–H and O–H groups in total. The fourth-order valence-corrected chi connectivity index (χ4v) is 3.79. The summed E-state index contributed by atoms with van der Waals surface area (Å²) in [6.07, 6.45) is 16.6. The van der Waals surface area contributed by atoms with E-state index in [1.807, 2.05) is 13.8 Å². The second-order valence-electron chi connectivity index (χ2n) is 6.75. The lowest BCUT2D eigenvalue weighted by Crippen LogP contribution is -2.00. The van der Waals surface area contributed by atoms with Crippen LogP contribution >= 0.6 is 0 Å². The van der Waals surface area contributed by atoms with Gasteiger partial charge in [0.1, 0.15) is 0 Å². The Labute approximate surface area is 116 Å². The van der Waals surface area contributed by atoms with E-state index in [1.54, 1.807) is 19.3 Å². The lowest BCUT2D eigenvalue weighted by Gasteiger charge is -2.14. The van der Waals surface area contributed by atoms with Crippen LogP contribution in [0.1, 0.15) is 98.3 Å². The van der Waals surface area contributed by atoms with Crippen molar-refractivity contribution in [2.24, 2.45) is 17.3 Å². The molecule has 0 aromatic rings. The predicted molar refractivity (Wildman–Crippen MR) is 82.9 cm³/mol. The average molecular weight is 252 g/mol. The van der Waals surface area contributed by atoms with Crippen LogP contribution in [0.25, 0.3) is 0 Å². The van der Waals surface area contributed by atoms with Gasteiger partial charge in [-0.05, 0) is 36.5 Å². The van der Waals surface area contributed by atoms with E-state index in [0.717, 1.165) is 17.3 Å². The Morgan fingerprint density at radius 3 is 2.50 bits per heavy atom. The zero-order valence-electron chi connectivity index (χ0n) is 13.4. The second-order valence-corrected chi connectivity index (χ2v) is 6.75. The van der Waals surface area contributed by atoms with Gasteiger partial charge in [-0.2, -0.15) is 0 Å². The lowest BCUT2D eigenvalue weighted by atomic mass is 9.92. The molecule has 108 valence electrons. The molecule has 2 aliphatic carbocycles. The highest BCUT2D eigenvalue weighted by molar-refractivity contribution is 5.00. The van der Waals surface area contributed by atoms with Gasteiger partial charge in [0.25, 0.3) is 0 Å². The number of fused-ring (bicyclic) bond motifs is 1. The van der Waals surface area contributed by atoms with Crippen LogP contribution in [-0.4, -0.2) is 0 Å². The fraction of sp³-hybridized carbons (Fsp3) is 1.00. The van der Waals surface area contributed by atoms with Crippen molar-refractivity contribution < 1.29 is 0 Å². The van der Waals surface area contributed by atoms with Crippen molar-refractivity contribution in [2.45, 2.75) is 98.3 Å². The van der Waals surface area contributed by atoms with Gasteiger partial charge in [-0.1, -0.05) is 79.1 Å². The zero-order valence-corrected chi connectivity index (χ0v) is 13.4. The van der Waals surface area contributed by atoms with Gasteiger partial charge in [-0.15, -0.1) is 0 Å². The monoisotopic (exact) mass is 252 g/mol. The first-order valence-electron chi connectivity index (χ1n) is 8.74. The van der Waals surface area contributed by atoms with Gasteiger partial charge < -0.3 is 0 Å². The summed E-state index contributed by atoms with van der Waals surface area (Å²) in [5, 5.41) is 0. The van der Waals surface area contributed by atoms with E-state index in [2.05, 4.69) is 13.8 Å². The largest absolute Gasteiger partial charge is 0.0683 e. The Balaban J connectivity index is 0.000000771. The third-order valence-corrected chi connectivity index (χ3v) is 5.23. The highest BCUT2D eigenvalue weighted by atomic mass is 14.6. The van der Waals surface area contributed by atoms with Gasteiger partial charge in [0.15, 0.2) is 0 Å². The third-order valence-electron chi connectivity index (χ3n) is 5.23. The molecule has 2 saturated carbocycles. The highest BCUT2D eigenvalue weighted by Crippen LogP contribution is 2.60. The summed E-state index contributed by atoms with van der Waals surface area (Å²) in [6, 6.07) is 0. The molecule has 0 heteroatoms. The summed E-state index contributed by atoms with van der Waals surface area (Å²) < 4.78 is 0. The standard InChI is InChI=1S/C16H30.C2H6/c1-3-4-5-6-7-9-14-10-8-11-16(2)13-15(16)12-14;1-2/h14-15H,3-13H2,1-2H3;1-2H3. The Bertz CT molecular complexity index is 208. The molecule has 0 heterocycles. The quantitative estimate of drug-likeness (QED) is 0.468. The van der Waals surface area contributed by atoms with E-state index in [-0.39, 0.29) is 0 Å². The maximum atomic E-state index is 2.53. The lowest BCUT2D eigenvalue weighted by molar-refractivity contribution is 0.385. The van der Waals surface area contributed by atoms with Crippen LogP contribution < -0.4 is 0 Å². The summed E-state index contributed by atoms with van der Waals surface area (Å²) in [5.41, 5.74) is 0.803. The SMILES string of the molecule is CC.CCCCCCCC1CCCC2(C)CC2C1. The normalized spacial score (nSPS) is 34.0. The molecule has 0 aromatic carbocycles. The molecule has 2 aliphatic rings. The van der Waals surface area contributed by atoms with Crippen LogP contribution in [0.5, 0.6) is 0 Å². The molecule has 0 spiro atoms. The number of unbranched alkanes of at least 4 members (excludes halogenated alkanes) is 4. The van der Waals surface area contributed by atoms with E-state index in [9.17, 15) is 0 Å². The van der Waals surface area contributed by atoms with Gasteiger partial charge in [-0.3, -0.25) is 0 Å². The number of hydrogen-bond donors (Lipinski definition) is 0. The summed E-state index contributed by atoms with van der Waals surface area (Å²) in [7, 11) is 0. The first-order chi connectivity index (χ1) is 8.74. The molecular formula is C18H36. The Morgan fingerprint density at radius 1 is 1.06 bits per heavy atom. The molecule has 0 bridgehead atoms. The molecule has 3 unspecified atom stereocenters. The molecule has 0 amide bonds. The second kappa shape index (κ2) is 8.23. The van der Waals surface area contributed by atoms with Crippen LogP contribution in [0.4, 0.5) is 0 Å². The molecule has 0 nitrogen and oxygen atoms in total. The van der Waals surface area contributed by atoms with Crippen molar-refractivity contribution in [2.75, 3.05) is 0 Å². The highest BCUT2D eigenvalue weighted by Gasteiger charge is 2.50. The van der Waals surface area contributed by atoms with Crippen molar-refractivity contribution in [1.82, 2.24) is 0 Å². The van der Waals surface area contributed by atoms with Crippen LogP contribution in [0.2, 0.25) is 0 Å². The van der Waals surface area contributed by atoms with Crippen molar-refractivity contribution >= 4 is 0 Å². The molecule has 0 saturated heterocycles. The Kier molecular flexibility index (Phi) is 7.34. The van der Waals surface area contributed by atoms with E-state index in [0.29, 0.717) is 0 Å². The fourth-order valence-electron chi connectivity index (χ4n) is 3.79. The van der Waals surface area contributed by atoms with E-state index >= 15 is 0 Å². The molecule has 3 atom stereocenters. The van der Waals surface area contributed by atoms with E-state index in [4.69, 9.17) is 0 Å². The van der Waals surface area contributed by atoms with E-state index in [1.165, 1.54) is 51.4 Å². The van der Waals surface area contributed by atoms with Crippen molar-refractivity contribution in [3.05, 3.63) is 0 Å². The van der Waals surface area contributed by atoms with Crippen LogP contribution in [0, 0.1) is 17.3 Å². The zero-order chi connectivity index (χ0) is 13.4.